The zero-order valence-corrected chi connectivity index (χ0v) is 14.5. The van der Waals surface area contributed by atoms with Gasteiger partial charge >= 0.3 is 0 Å². The van der Waals surface area contributed by atoms with Crippen molar-refractivity contribution in [1.29, 1.82) is 0 Å². The van der Waals surface area contributed by atoms with Gasteiger partial charge in [0.1, 0.15) is 11.4 Å². The third-order valence-electron chi connectivity index (χ3n) is 5.46. The molecule has 1 spiro atoms. The number of hydrogen-bond donors (Lipinski definition) is 1. The maximum absolute atomic E-state index is 12.1. The van der Waals surface area contributed by atoms with Crippen molar-refractivity contribution in [3.05, 3.63) is 0 Å². The summed E-state index contributed by atoms with van der Waals surface area (Å²) >= 11 is 0. The summed E-state index contributed by atoms with van der Waals surface area (Å²) in [5.74, 6) is 1.67. The standard InChI is InChI=1S/C17H28N4O2/c1-12(2)21-11-14(4-5-15(21)22)10-20-8-6-17(7-9-20)16(23)18-13(3)19-17/h12,14H,4-11H2,1-3H3,(H,18,19,23). The summed E-state index contributed by atoms with van der Waals surface area (Å²) in [6, 6.07) is 0.287. The first-order valence-electron chi connectivity index (χ1n) is 8.79. The summed E-state index contributed by atoms with van der Waals surface area (Å²) in [6.45, 7) is 9.76. The van der Waals surface area contributed by atoms with E-state index < -0.39 is 5.54 Å². The molecule has 0 aromatic carbocycles. The topological polar surface area (TPSA) is 65.0 Å². The van der Waals surface area contributed by atoms with E-state index in [1.807, 2.05) is 11.8 Å². The Hall–Kier alpha value is -1.43. The van der Waals surface area contributed by atoms with Gasteiger partial charge in [0.25, 0.3) is 5.91 Å². The Labute approximate surface area is 138 Å². The molecule has 0 bridgehead atoms. The highest BCUT2D eigenvalue weighted by molar-refractivity contribution is 6.07. The molecule has 6 heteroatoms. The number of amidine groups is 1. The van der Waals surface area contributed by atoms with Gasteiger partial charge < -0.3 is 15.1 Å². The first-order chi connectivity index (χ1) is 10.9. The molecule has 2 fully saturated rings. The molecule has 0 aliphatic carbocycles. The number of hydrogen-bond acceptors (Lipinski definition) is 4. The van der Waals surface area contributed by atoms with Gasteiger partial charge in [-0.3, -0.25) is 14.6 Å². The molecule has 2 saturated heterocycles. The molecule has 1 atom stereocenters. The summed E-state index contributed by atoms with van der Waals surface area (Å²) in [4.78, 5) is 33.1. The van der Waals surface area contributed by atoms with Crippen LogP contribution in [0.5, 0.6) is 0 Å². The first-order valence-corrected chi connectivity index (χ1v) is 8.79. The first kappa shape index (κ1) is 16.4. The smallest absolute Gasteiger partial charge is 0.253 e. The van der Waals surface area contributed by atoms with Crippen LogP contribution in [-0.2, 0) is 9.59 Å². The monoisotopic (exact) mass is 320 g/mol. The van der Waals surface area contributed by atoms with Crippen LogP contribution in [0.2, 0.25) is 0 Å². The SMILES string of the molecule is CC1=NC2(CCN(CC3CCC(=O)N(C(C)C)C3)CC2)C(=O)N1. The van der Waals surface area contributed by atoms with Crippen molar-refractivity contribution in [3.8, 4) is 0 Å². The minimum Gasteiger partial charge on any atom is -0.340 e. The zero-order chi connectivity index (χ0) is 16.6. The highest BCUT2D eigenvalue weighted by atomic mass is 16.2. The summed E-state index contributed by atoms with van der Waals surface area (Å²) in [5.41, 5.74) is -0.507. The molecule has 0 aromatic rings. The molecule has 0 aromatic heterocycles. The van der Waals surface area contributed by atoms with E-state index in [9.17, 15) is 9.59 Å². The van der Waals surface area contributed by atoms with Gasteiger partial charge in [-0.1, -0.05) is 0 Å². The Balaban J connectivity index is 1.53. The van der Waals surface area contributed by atoms with Crippen LogP contribution < -0.4 is 5.32 Å². The van der Waals surface area contributed by atoms with E-state index in [4.69, 9.17) is 0 Å². The fourth-order valence-corrected chi connectivity index (χ4v) is 4.08. The van der Waals surface area contributed by atoms with Gasteiger partial charge in [0.05, 0.1) is 0 Å². The van der Waals surface area contributed by atoms with Gasteiger partial charge in [0, 0.05) is 38.6 Å². The number of amides is 2. The predicted molar refractivity (Wildman–Crippen MR) is 89.2 cm³/mol. The van der Waals surface area contributed by atoms with Crippen molar-refractivity contribution in [1.82, 2.24) is 15.1 Å². The minimum absolute atomic E-state index is 0.0731. The lowest BCUT2D eigenvalue weighted by Crippen LogP contribution is -2.52. The van der Waals surface area contributed by atoms with Gasteiger partial charge in [0.15, 0.2) is 0 Å². The fourth-order valence-electron chi connectivity index (χ4n) is 4.08. The van der Waals surface area contributed by atoms with Crippen molar-refractivity contribution in [2.24, 2.45) is 10.9 Å². The van der Waals surface area contributed by atoms with Gasteiger partial charge in [-0.2, -0.15) is 0 Å². The lowest BCUT2D eigenvalue weighted by molar-refractivity contribution is -0.137. The maximum Gasteiger partial charge on any atom is 0.253 e. The number of piperidine rings is 2. The molecule has 128 valence electrons. The van der Waals surface area contributed by atoms with E-state index in [1.165, 1.54) is 0 Å². The van der Waals surface area contributed by atoms with Gasteiger partial charge in [-0.25, -0.2) is 0 Å². The summed E-state index contributed by atoms with van der Waals surface area (Å²) < 4.78 is 0. The van der Waals surface area contributed by atoms with Crippen LogP contribution in [-0.4, -0.2) is 65.2 Å². The number of nitrogens with one attached hydrogen (secondary N) is 1. The Morgan fingerprint density at radius 2 is 2.00 bits per heavy atom. The average Bonchev–Trinajstić information content (AvgIpc) is 2.77. The molecule has 6 nitrogen and oxygen atoms in total. The predicted octanol–water partition coefficient (Wildman–Crippen LogP) is 1.02. The molecule has 3 rings (SSSR count). The van der Waals surface area contributed by atoms with E-state index in [2.05, 4.69) is 29.1 Å². The van der Waals surface area contributed by atoms with Crippen molar-refractivity contribution in [2.75, 3.05) is 26.2 Å². The molecule has 1 N–H and O–H groups in total. The maximum atomic E-state index is 12.1. The number of carbonyl (C=O) groups is 2. The molecular weight excluding hydrogens is 292 g/mol. The van der Waals surface area contributed by atoms with Gasteiger partial charge in [-0.05, 0) is 46.0 Å². The van der Waals surface area contributed by atoms with Crippen molar-refractivity contribution in [2.45, 2.75) is 58.0 Å². The highest BCUT2D eigenvalue weighted by Crippen LogP contribution is 2.31. The fraction of sp³-hybridized carbons (Fsp3) is 0.824. The molecule has 2 amide bonds. The molecule has 3 aliphatic rings. The number of nitrogens with zero attached hydrogens (tertiary/aromatic N) is 3. The summed E-state index contributed by atoms with van der Waals surface area (Å²) in [5, 5.41) is 2.84. The highest BCUT2D eigenvalue weighted by Gasteiger charge is 2.45. The van der Waals surface area contributed by atoms with Crippen LogP contribution in [0.3, 0.4) is 0 Å². The third-order valence-corrected chi connectivity index (χ3v) is 5.46. The minimum atomic E-state index is -0.507. The second-order valence-electron chi connectivity index (χ2n) is 7.53. The molecule has 0 saturated carbocycles. The van der Waals surface area contributed by atoms with E-state index in [-0.39, 0.29) is 11.9 Å². The second-order valence-corrected chi connectivity index (χ2v) is 7.53. The largest absolute Gasteiger partial charge is 0.340 e. The lowest BCUT2D eigenvalue weighted by atomic mass is 9.87. The van der Waals surface area contributed by atoms with Crippen LogP contribution in [0, 0.1) is 5.92 Å². The Kier molecular flexibility index (Phi) is 4.45. The van der Waals surface area contributed by atoms with Gasteiger partial charge in [0.2, 0.25) is 5.91 Å². The van der Waals surface area contributed by atoms with E-state index >= 15 is 0 Å². The number of carbonyl (C=O) groups excluding carboxylic acids is 2. The van der Waals surface area contributed by atoms with Crippen LogP contribution in [0.4, 0.5) is 0 Å². The number of aliphatic imine (C=N–C) groups is 1. The average molecular weight is 320 g/mol. The second kappa shape index (κ2) is 6.23. The molecule has 1 unspecified atom stereocenters. The summed E-state index contributed by atoms with van der Waals surface area (Å²) in [7, 11) is 0. The Morgan fingerprint density at radius 3 is 2.57 bits per heavy atom. The molecular formula is C17H28N4O2. The van der Waals surface area contributed by atoms with E-state index in [0.29, 0.717) is 18.2 Å². The van der Waals surface area contributed by atoms with Gasteiger partial charge in [-0.15, -0.1) is 0 Å². The zero-order valence-electron chi connectivity index (χ0n) is 14.5. The number of rotatable bonds is 3. The van der Waals surface area contributed by atoms with Crippen molar-refractivity contribution in [3.63, 3.8) is 0 Å². The summed E-state index contributed by atoms with van der Waals surface area (Å²) in [6.07, 6.45) is 3.26. The molecule has 0 radical (unpaired) electrons. The normalized spacial score (nSPS) is 28.4. The molecule has 3 heterocycles. The van der Waals surface area contributed by atoms with Crippen molar-refractivity contribution < 1.29 is 9.59 Å². The van der Waals surface area contributed by atoms with E-state index in [0.717, 1.165) is 51.3 Å². The lowest BCUT2D eigenvalue weighted by Gasteiger charge is -2.40. The van der Waals surface area contributed by atoms with E-state index in [1.54, 1.807) is 0 Å². The van der Waals surface area contributed by atoms with Crippen LogP contribution in [0.25, 0.3) is 0 Å². The third kappa shape index (κ3) is 3.27. The van der Waals surface area contributed by atoms with Crippen LogP contribution in [0.1, 0.15) is 46.5 Å². The molecule has 3 aliphatic heterocycles. The Morgan fingerprint density at radius 1 is 1.30 bits per heavy atom. The number of likely N-dealkylation sites (tertiary alicyclic amines) is 2. The Bertz CT molecular complexity index is 521. The van der Waals surface area contributed by atoms with Crippen LogP contribution in [0.15, 0.2) is 4.99 Å². The quantitative estimate of drug-likeness (QED) is 0.844. The van der Waals surface area contributed by atoms with Crippen LogP contribution >= 0.6 is 0 Å². The molecule has 23 heavy (non-hydrogen) atoms. The van der Waals surface area contributed by atoms with Crippen molar-refractivity contribution >= 4 is 17.6 Å².